The van der Waals surface area contributed by atoms with Crippen LogP contribution in [0.2, 0.25) is 0 Å². The molecule has 0 aliphatic rings. The molecule has 1 aromatic heterocycles. The van der Waals surface area contributed by atoms with Crippen LogP contribution < -0.4 is 9.46 Å². The number of alkyl halides is 3. The van der Waals surface area contributed by atoms with Crippen molar-refractivity contribution >= 4 is 20.9 Å². The van der Waals surface area contributed by atoms with E-state index in [4.69, 9.17) is 4.74 Å². The molecule has 1 N–H and O–H groups in total. The summed E-state index contributed by atoms with van der Waals surface area (Å²) in [7, 11) is -0.610. The Labute approximate surface area is 182 Å². The van der Waals surface area contributed by atoms with Gasteiger partial charge in [0.2, 0.25) is 10.0 Å². The number of halogens is 3. The molecule has 0 unspecified atom stereocenters. The van der Waals surface area contributed by atoms with Crippen LogP contribution in [0.25, 0.3) is 22.0 Å². The summed E-state index contributed by atoms with van der Waals surface area (Å²) in [6.07, 6.45) is -2.77. The van der Waals surface area contributed by atoms with Gasteiger partial charge < -0.3 is 4.74 Å². The summed E-state index contributed by atoms with van der Waals surface area (Å²) in [5.74, 6) is 0.481. The molecule has 0 saturated heterocycles. The zero-order valence-electron chi connectivity index (χ0n) is 17.0. The zero-order valence-corrected chi connectivity index (χ0v) is 17.8. The first-order valence-corrected chi connectivity index (χ1v) is 10.9. The summed E-state index contributed by atoms with van der Waals surface area (Å²) < 4.78 is 73.0. The van der Waals surface area contributed by atoms with Crippen LogP contribution in [0.4, 0.5) is 13.2 Å². The van der Waals surface area contributed by atoms with Gasteiger partial charge in [-0.15, -0.1) is 0 Å². The SMILES string of the molecule is CNS(=O)(=O)c1ccc(Oc2ccc(C(F)(F)F)cc2)c(-c2ccc3c(cnn3C)c2)c1. The lowest BCUT2D eigenvalue weighted by Gasteiger charge is -2.14. The molecule has 4 aromatic rings. The van der Waals surface area contributed by atoms with Crippen LogP contribution in [-0.2, 0) is 23.2 Å². The molecule has 0 radical (unpaired) electrons. The van der Waals surface area contributed by atoms with E-state index in [9.17, 15) is 21.6 Å². The summed E-state index contributed by atoms with van der Waals surface area (Å²) in [5, 5.41) is 5.05. The Kier molecular flexibility index (Phi) is 5.43. The predicted octanol–water partition coefficient (Wildman–Crippen LogP) is 4.96. The molecule has 4 rings (SSSR count). The molecule has 1 heterocycles. The monoisotopic (exact) mass is 461 g/mol. The number of hydrogen-bond donors (Lipinski definition) is 1. The van der Waals surface area contributed by atoms with Crippen molar-refractivity contribution in [3.05, 3.63) is 72.4 Å². The average Bonchev–Trinajstić information content (AvgIpc) is 3.14. The molecule has 32 heavy (non-hydrogen) atoms. The van der Waals surface area contributed by atoms with Crippen LogP contribution in [0.1, 0.15) is 5.56 Å². The molecule has 0 spiro atoms. The maximum absolute atomic E-state index is 12.8. The topological polar surface area (TPSA) is 73.2 Å². The van der Waals surface area contributed by atoms with E-state index in [2.05, 4.69) is 9.82 Å². The molecule has 0 aliphatic heterocycles. The molecule has 0 amide bonds. The summed E-state index contributed by atoms with van der Waals surface area (Å²) in [4.78, 5) is 0.0288. The lowest BCUT2D eigenvalue weighted by atomic mass is 10.0. The van der Waals surface area contributed by atoms with Gasteiger partial charge in [-0.2, -0.15) is 18.3 Å². The quantitative estimate of drug-likeness (QED) is 0.456. The number of ether oxygens (including phenoxy) is 1. The van der Waals surface area contributed by atoms with Crippen molar-refractivity contribution < 1.29 is 26.3 Å². The number of aromatic nitrogens is 2. The average molecular weight is 461 g/mol. The molecule has 3 aromatic carbocycles. The Morgan fingerprint density at radius 2 is 1.72 bits per heavy atom. The van der Waals surface area contributed by atoms with Crippen LogP contribution >= 0.6 is 0 Å². The van der Waals surface area contributed by atoms with E-state index in [0.29, 0.717) is 16.9 Å². The smallest absolute Gasteiger partial charge is 0.416 e. The first-order valence-electron chi connectivity index (χ1n) is 9.43. The van der Waals surface area contributed by atoms with Crippen molar-refractivity contribution in [1.29, 1.82) is 0 Å². The van der Waals surface area contributed by atoms with E-state index in [1.165, 1.54) is 37.4 Å². The van der Waals surface area contributed by atoms with Crippen molar-refractivity contribution in [1.82, 2.24) is 14.5 Å². The number of rotatable bonds is 5. The highest BCUT2D eigenvalue weighted by molar-refractivity contribution is 7.89. The highest BCUT2D eigenvalue weighted by atomic mass is 32.2. The fourth-order valence-corrected chi connectivity index (χ4v) is 4.03. The molecule has 10 heteroatoms. The first-order chi connectivity index (χ1) is 15.1. The van der Waals surface area contributed by atoms with Crippen LogP contribution in [0.5, 0.6) is 11.5 Å². The van der Waals surface area contributed by atoms with Gasteiger partial charge in [-0.25, -0.2) is 13.1 Å². The highest BCUT2D eigenvalue weighted by Crippen LogP contribution is 2.37. The van der Waals surface area contributed by atoms with Crippen LogP contribution in [0, 0.1) is 0 Å². The number of benzene rings is 3. The van der Waals surface area contributed by atoms with Gasteiger partial charge in [0, 0.05) is 18.0 Å². The van der Waals surface area contributed by atoms with Crippen LogP contribution in [0.15, 0.2) is 71.8 Å². The molecule has 166 valence electrons. The van der Waals surface area contributed by atoms with Gasteiger partial charge in [-0.05, 0) is 67.2 Å². The lowest BCUT2D eigenvalue weighted by molar-refractivity contribution is -0.137. The standard InChI is InChI=1S/C22H18F3N3O3S/c1-26-32(29,30)18-8-10-21(31-17-6-4-16(5-7-17)22(23,24)25)19(12-18)14-3-9-20-15(11-14)13-27-28(20)2/h3-13,26H,1-2H3. The number of nitrogens with zero attached hydrogens (tertiary/aromatic N) is 2. The van der Waals surface area contributed by atoms with Gasteiger partial charge >= 0.3 is 6.18 Å². The Balaban J connectivity index is 1.80. The summed E-state index contributed by atoms with van der Waals surface area (Å²) >= 11 is 0. The second-order valence-corrected chi connectivity index (χ2v) is 8.92. The zero-order chi connectivity index (χ0) is 23.1. The van der Waals surface area contributed by atoms with Crippen molar-refractivity contribution in [3.63, 3.8) is 0 Å². The normalized spacial score (nSPS) is 12.3. The van der Waals surface area contributed by atoms with Crippen molar-refractivity contribution in [2.75, 3.05) is 7.05 Å². The minimum atomic E-state index is -4.45. The van der Waals surface area contributed by atoms with Crippen molar-refractivity contribution in [2.45, 2.75) is 11.1 Å². The number of nitrogens with one attached hydrogen (secondary N) is 1. The maximum Gasteiger partial charge on any atom is 0.416 e. The molecule has 0 aliphatic carbocycles. The third kappa shape index (κ3) is 4.19. The second-order valence-electron chi connectivity index (χ2n) is 7.03. The van der Waals surface area contributed by atoms with Crippen molar-refractivity contribution in [3.8, 4) is 22.6 Å². The van der Waals surface area contributed by atoms with E-state index in [0.717, 1.165) is 23.0 Å². The molecular formula is C22H18F3N3O3S. The fraction of sp³-hybridized carbons (Fsp3) is 0.136. The first kappa shape index (κ1) is 21.8. The van der Waals surface area contributed by atoms with Crippen LogP contribution in [0.3, 0.4) is 0 Å². The van der Waals surface area contributed by atoms with Crippen LogP contribution in [-0.4, -0.2) is 25.2 Å². The van der Waals surface area contributed by atoms with E-state index >= 15 is 0 Å². The van der Waals surface area contributed by atoms with Gasteiger partial charge in [-0.3, -0.25) is 4.68 Å². The predicted molar refractivity (Wildman–Crippen MR) is 114 cm³/mol. The van der Waals surface area contributed by atoms with E-state index in [-0.39, 0.29) is 10.6 Å². The fourth-order valence-electron chi connectivity index (χ4n) is 3.28. The molecule has 0 atom stereocenters. The second kappa shape index (κ2) is 7.95. The third-order valence-electron chi connectivity index (χ3n) is 5.00. The summed E-state index contributed by atoms with van der Waals surface area (Å²) in [6, 6.07) is 14.1. The van der Waals surface area contributed by atoms with E-state index < -0.39 is 21.8 Å². The van der Waals surface area contributed by atoms with Gasteiger partial charge in [0.05, 0.1) is 22.2 Å². The minimum Gasteiger partial charge on any atom is -0.457 e. The van der Waals surface area contributed by atoms with Gasteiger partial charge in [0.15, 0.2) is 0 Å². The van der Waals surface area contributed by atoms with E-state index in [1.54, 1.807) is 24.0 Å². The Hall–Kier alpha value is -3.37. The number of sulfonamides is 1. The summed E-state index contributed by atoms with van der Waals surface area (Å²) in [6.45, 7) is 0. The maximum atomic E-state index is 12.8. The number of hydrogen-bond acceptors (Lipinski definition) is 4. The Morgan fingerprint density at radius 1 is 1.00 bits per heavy atom. The Morgan fingerprint density at radius 3 is 2.38 bits per heavy atom. The van der Waals surface area contributed by atoms with Gasteiger partial charge in [-0.1, -0.05) is 6.07 Å². The molecule has 0 bridgehead atoms. The van der Waals surface area contributed by atoms with E-state index in [1.807, 2.05) is 12.1 Å². The number of fused-ring (bicyclic) bond motifs is 1. The summed E-state index contributed by atoms with van der Waals surface area (Å²) in [5.41, 5.74) is 1.23. The largest absolute Gasteiger partial charge is 0.457 e. The Bertz CT molecular complexity index is 1400. The molecule has 0 fully saturated rings. The van der Waals surface area contributed by atoms with Crippen molar-refractivity contribution in [2.24, 2.45) is 7.05 Å². The minimum absolute atomic E-state index is 0.0288. The van der Waals surface area contributed by atoms with Gasteiger partial charge in [0.25, 0.3) is 0 Å². The number of aryl methyl sites for hydroxylation is 1. The lowest BCUT2D eigenvalue weighted by Crippen LogP contribution is -2.18. The highest BCUT2D eigenvalue weighted by Gasteiger charge is 2.30. The van der Waals surface area contributed by atoms with Gasteiger partial charge in [0.1, 0.15) is 11.5 Å². The molecule has 6 nitrogen and oxygen atoms in total. The molecule has 0 saturated carbocycles. The molecular weight excluding hydrogens is 443 g/mol. The third-order valence-corrected chi connectivity index (χ3v) is 6.41.